The Bertz CT molecular complexity index is 1600. The fraction of sp³-hybridized carbons (Fsp3) is 0.290. The predicted molar refractivity (Wildman–Crippen MR) is 165 cm³/mol. The summed E-state index contributed by atoms with van der Waals surface area (Å²) in [4.78, 5) is 14.6. The van der Waals surface area contributed by atoms with Gasteiger partial charge >= 0.3 is 123 Å². The summed E-state index contributed by atoms with van der Waals surface area (Å²) in [5, 5.41) is 21.4. The number of carbonyl (C=O) groups is 1. The molecule has 3 unspecified atom stereocenters. The van der Waals surface area contributed by atoms with E-state index in [9.17, 15) is 18.3 Å². The number of benzene rings is 3. The number of ether oxygens (including phenoxy) is 1. The second-order valence-electron chi connectivity index (χ2n) is 10.1. The maximum atomic E-state index is 13.4. The number of phenolic OH excluding ortho intramolecular Hbond substituents is 1. The Morgan fingerprint density at radius 1 is 1.00 bits per heavy atom. The summed E-state index contributed by atoms with van der Waals surface area (Å²) >= 11 is 3.38. The van der Waals surface area contributed by atoms with Gasteiger partial charge in [-0.1, -0.05) is 28.1 Å². The first-order valence-corrected chi connectivity index (χ1v) is 17.9. The van der Waals surface area contributed by atoms with Crippen molar-refractivity contribution >= 4 is 63.7 Å². The fourth-order valence-electron chi connectivity index (χ4n) is 5.32. The fourth-order valence-corrected chi connectivity index (χ4v) is 7.92. The van der Waals surface area contributed by atoms with Gasteiger partial charge in [0.2, 0.25) is 0 Å². The molecule has 0 saturated carbocycles. The van der Waals surface area contributed by atoms with Crippen LogP contribution in [0.5, 0.6) is 11.5 Å². The van der Waals surface area contributed by atoms with E-state index in [1.54, 1.807) is 60.7 Å². The van der Waals surface area contributed by atoms with Crippen LogP contribution in [0.15, 0.2) is 77.3 Å². The summed E-state index contributed by atoms with van der Waals surface area (Å²) in [6.07, 6.45) is 2.10. The SMILES string of the molecule is N#C[Se]CCCCCC(=O)Nc1ccc(C2=C(c3ccc(O)cc3)C3CC(S(=O)(=O)Oc4ccc(Br)cc4)C2O3)cc1. The van der Waals surface area contributed by atoms with Gasteiger partial charge in [0.05, 0.1) is 6.10 Å². The van der Waals surface area contributed by atoms with Crippen LogP contribution in [0.3, 0.4) is 0 Å². The molecule has 0 aromatic heterocycles. The number of amides is 1. The van der Waals surface area contributed by atoms with Gasteiger partial charge in [-0.05, 0) is 47.5 Å². The average Bonchev–Trinajstić information content (AvgIpc) is 3.57. The van der Waals surface area contributed by atoms with E-state index in [1.165, 1.54) is 0 Å². The molecule has 11 heteroatoms. The van der Waals surface area contributed by atoms with E-state index < -0.39 is 27.6 Å². The Hall–Kier alpha value is -3.13. The van der Waals surface area contributed by atoms with Crippen LogP contribution in [0.25, 0.3) is 11.1 Å². The molecule has 2 N–H and O–H groups in total. The molecule has 0 radical (unpaired) electrons. The van der Waals surface area contributed by atoms with E-state index in [2.05, 4.69) is 26.2 Å². The van der Waals surface area contributed by atoms with Crippen LogP contribution in [0.4, 0.5) is 5.69 Å². The zero-order valence-corrected chi connectivity index (χ0v) is 26.6. The van der Waals surface area contributed by atoms with E-state index in [0.29, 0.717) is 12.1 Å². The number of nitrogens with zero attached hydrogens (tertiary/aromatic N) is 1. The summed E-state index contributed by atoms with van der Waals surface area (Å²) < 4.78 is 39.5. The minimum atomic E-state index is -4.04. The summed E-state index contributed by atoms with van der Waals surface area (Å²) in [6.45, 7) is 0. The van der Waals surface area contributed by atoms with Gasteiger partial charge in [-0.25, -0.2) is 0 Å². The molecule has 0 aliphatic carbocycles. The molecule has 0 spiro atoms. The second kappa shape index (κ2) is 13.4. The Labute approximate surface area is 260 Å². The summed E-state index contributed by atoms with van der Waals surface area (Å²) in [5.41, 5.74) is 3.90. The van der Waals surface area contributed by atoms with E-state index in [-0.39, 0.29) is 38.8 Å². The minimum absolute atomic E-state index is 0.0300. The molecule has 1 saturated heterocycles. The predicted octanol–water partition coefficient (Wildman–Crippen LogP) is 6.12. The van der Waals surface area contributed by atoms with Gasteiger partial charge < -0.3 is 14.0 Å². The molecule has 218 valence electrons. The Balaban J connectivity index is 1.36. The van der Waals surface area contributed by atoms with Crippen molar-refractivity contribution in [1.29, 1.82) is 5.26 Å². The molecule has 5 rings (SSSR count). The molecule has 2 aliphatic rings. The van der Waals surface area contributed by atoms with Gasteiger partial charge in [0.15, 0.2) is 0 Å². The van der Waals surface area contributed by atoms with Crippen molar-refractivity contribution in [2.24, 2.45) is 0 Å². The third-order valence-electron chi connectivity index (χ3n) is 7.26. The molecule has 8 nitrogen and oxygen atoms in total. The third kappa shape index (κ3) is 7.08. The number of fused-ring (bicyclic) bond motifs is 2. The standard InChI is InChI=1S/C31H29BrN2O6SSe/c32-22-9-15-25(16-10-22)40-41(37,38)27-18-26-29(20-7-13-24(35)14-8-20)30(31(27)39-26)21-5-11-23(12-6-21)34-28(36)4-2-1-3-17-42-19-33/h5-16,26-27,31,35H,1-4,17-18H2,(H,34,36). The molecule has 1 amide bonds. The van der Waals surface area contributed by atoms with Gasteiger partial charge in [-0.2, -0.15) is 8.42 Å². The molecular weight excluding hydrogens is 687 g/mol. The number of hydrogen-bond donors (Lipinski definition) is 2. The molecule has 2 aliphatic heterocycles. The van der Waals surface area contributed by atoms with Crippen molar-refractivity contribution in [2.75, 3.05) is 5.32 Å². The number of rotatable bonds is 12. The van der Waals surface area contributed by atoms with Crippen molar-refractivity contribution in [1.82, 2.24) is 0 Å². The number of carbonyl (C=O) groups excluding carboxylic acids is 1. The second-order valence-corrected chi connectivity index (χ2v) is 14.6. The first kappa shape index (κ1) is 30.3. The van der Waals surface area contributed by atoms with E-state index in [4.69, 9.17) is 14.2 Å². The van der Waals surface area contributed by atoms with Gasteiger partial charge in [-0.15, -0.1) is 0 Å². The van der Waals surface area contributed by atoms with Crippen LogP contribution in [0.1, 0.15) is 43.2 Å². The van der Waals surface area contributed by atoms with Gasteiger partial charge in [-0.3, -0.25) is 0 Å². The number of hydrogen-bond acceptors (Lipinski definition) is 7. The number of unbranched alkanes of at least 4 members (excludes halogenated alkanes) is 2. The molecule has 3 aromatic rings. The number of anilines is 1. The normalized spacial score (nSPS) is 19.5. The molecular formula is C31H29BrN2O6SSe. The molecule has 2 bridgehead atoms. The number of halogens is 1. The van der Waals surface area contributed by atoms with Crippen LogP contribution in [-0.4, -0.2) is 51.8 Å². The quantitative estimate of drug-likeness (QED) is 0.132. The summed E-state index contributed by atoms with van der Waals surface area (Å²) in [5.74, 6) is 0.293. The maximum absolute atomic E-state index is 13.4. The summed E-state index contributed by atoms with van der Waals surface area (Å²) in [7, 11) is -4.04. The molecule has 3 atom stereocenters. The number of nitrogens with one attached hydrogen (secondary N) is 1. The average molecular weight is 717 g/mol. The van der Waals surface area contributed by atoms with Crippen LogP contribution < -0.4 is 9.50 Å². The topological polar surface area (TPSA) is 126 Å². The van der Waals surface area contributed by atoms with Crippen molar-refractivity contribution in [3.63, 3.8) is 0 Å². The van der Waals surface area contributed by atoms with Gasteiger partial charge in [0.25, 0.3) is 0 Å². The van der Waals surface area contributed by atoms with E-state index in [0.717, 1.165) is 51.3 Å². The van der Waals surface area contributed by atoms with Gasteiger partial charge in [0.1, 0.15) is 22.9 Å². The van der Waals surface area contributed by atoms with Crippen LogP contribution >= 0.6 is 15.9 Å². The number of aromatic hydroxyl groups is 1. The Kier molecular flexibility index (Phi) is 9.71. The molecule has 3 aromatic carbocycles. The van der Waals surface area contributed by atoms with Crippen LogP contribution in [-0.2, 0) is 19.6 Å². The monoisotopic (exact) mass is 716 g/mol. The van der Waals surface area contributed by atoms with Crippen molar-refractivity contribution in [3.8, 4) is 16.5 Å². The first-order valence-electron chi connectivity index (χ1n) is 13.5. The Morgan fingerprint density at radius 3 is 2.36 bits per heavy atom. The molecule has 2 heterocycles. The summed E-state index contributed by atoms with van der Waals surface area (Å²) in [6, 6.07) is 20.7. The first-order chi connectivity index (χ1) is 20.2. The van der Waals surface area contributed by atoms with Gasteiger partial charge in [0, 0.05) is 10.9 Å². The van der Waals surface area contributed by atoms with Crippen molar-refractivity contribution in [3.05, 3.63) is 88.4 Å². The number of phenols is 1. The number of nitriles is 1. The zero-order valence-electron chi connectivity index (χ0n) is 22.5. The molecule has 42 heavy (non-hydrogen) atoms. The Morgan fingerprint density at radius 2 is 1.67 bits per heavy atom. The zero-order chi connectivity index (χ0) is 29.7. The van der Waals surface area contributed by atoms with Crippen molar-refractivity contribution < 1.29 is 27.2 Å². The third-order valence-corrected chi connectivity index (χ3v) is 10.7. The van der Waals surface area contributed by atoms with E-state index >= 15 is 0 Å². The van der Waals surface area contributed by atoms with Crippen molar-refractivity contribution in [2.45, 2.75) is 54.9 Å². The van der Waals surface area contributed by atoms with Crippen LogP contribution in [0.2, 0.25) is 5.32 Å². The molecule has 1 fully saturated rings. The van der Waals surface area contributed by atoms with E-state index in [1.807, 2.05) is 12.1 Å². The van der Waals surface area contributed by atoms with Crippen LogP contribution in [0, 0.1) is 10.2 Å².